The van der Waals surface area contributed by atoms with E-state index in [4.69, 9.17) is 0 Å². The van der Waals surface area contributed by atoms with Crippen LogP contribution in [0.25, 0.3) is 0 Å². The van der Waals surface area contributed by atoms with Gasteiger partial charge in [0.2, 0.25) is 5.91 Å². The second-order valence-electron chi connectivity index (χ2n) is 2.42. The standard InChI is InChI=1S/C9H11NOS/c1-8(11)10(7-12)9-5-3-2-4-6-9/h2-6,12H,7H2,1H3. The molecule has 0 aromatic heterocycles. The van der Waals surface area contributed by atoms with E-state index in [1.165, 1.54) is 6.92 Å². The Bertz CT molecular complexity index is 260. The lowest BCUT2D eigenvalue weighted by Crippen LogP contribution is -2.26. The van der Waals surface area contributed by atoms with Crippen LogP contribution in [-0.4, -0.2) is 11.8 Å². The van der Waals surface area contributed by atoms with Crippen LogP contribution in [0.4, 0.5) is 5.69 Å². The Morgan fingerprint density at radius 3 is 2.42 bits per heavy atom. The smallest absolute Gasteiger partial charge is 0.224 e. The molecular weight excluding hydrogens is 170 g/mol. The van der Waals surface area contributed by atoms with Crippen molar-refractivity contribution in [2.75, 3.05) is 10.8 Å². The lowest BCUT2D eigenvalue weighted by Gasteiger charge is -2.17. The average molecular weight is 181 g/mol. The molecule has 0 aliphatic carbocycles. The van der Waals surface area contributed by atoms with Crippen LogP contribution in [0.5, 0.6) is 0 Å². The predicted molar refractivity (Wildman–Crippen MR) is 53.5 cm³/mol. The zero-order chi connectivity index (χ0) is 8.97. The second-order valence-corrected chi connectivity index (χ2v) is 2.71. The van der Waals surface area contributed by atoms with E-state index < -0.39 is 0 Å². The van der Waals surface area contributed by atoms with Gasteiger partial charge in [0.05, 0.1) is 5.88 Å². The van der Waals surface area contributed by atoms with Crippen molar-refractivity contribution >= 4 is 24.2 Å². The maximum absolute atomic E-state index is 11.1. The van der Waals surface area contributed by atoms with Crippen molar-refractivity contribution in [1.29, 1.82) is 0 Å². The summed E-state index contributed by atoms with van der Waals surface area (Å²) in [7, 11) is 0. The minimum atomic E-state index is 0.0104. The van der Waals surface area contributed by atoms with Crippen LogP contribution in [0, 0.1) is 0 Å². The molecule has 0 fully saturated rings. The van der Waals surface area contributed by atoms with Crippen LogP contribution in [0.2, 0.25) is 0 Å². The van der Waals surface area contributed by atoms with Gasteiger partial charge >= 0.3 is 0 Å². The van der Waals surface area contributed by atoms with Crippen LogP contribution in [-0.2, 0) is 4.79 Å². The molecule has 0 unspecified atom stereocenters. The third-order valence-corrected chi connectivity index (χ3v) is 1.87. The molecule has 0 aliphatic rings. The Morgan fingerprint density at radius 2 is 2.00 bits per heavy atom. The zero-order valence-electron chi connectivity index (χ0n) is 6.90. The Hall–Kier alpha value is -0.960. The van der Waals surface area contributed by atoms with Crippen LogP contribution in [0.1, 0.15) is 6.92 Å². The molecule has 0 aliphatic heterocycles. The fourth-order valence-corrected chi connectivity index (χ4v) is 1.33. The van der Waals surface area contributed by atoms with Crippen molar-refractivity contribution in [2.24, 2.45) is 0 Å². The molecule has 0 N–H and O–H groups in total. The summed E-state index contributed by atoms with van der Waals surface area (Å²) in [5.74, 6) is 0.426. The van der Waals surface area contributed by atoms with Crippen LogP contribution in [0.15, 0.2) is 30.3 Å². The average Bonchev–Trinajstić information content (AvgIpc) is 2.07. The maximum atomic E-state index is 11.1. The molecule has 0 bridgehead atoms. The molecule has 1 aromatic rings. The monoisotopic (exact) mass is 181 g/mol. The molecule has 0 saturated carbocycles. The Labute approximate surface area is 77.6 Å². The van der Waals surface area contributed by atoms with Crippen molar-refractivity contribution < 1.29 is 4.79 Å². The molecule has 1 aromatic carbocycles. The molecular formula is C9H11NOS. The van der Waals surface area contributed by atoms with Crippen LogP contribution in [0.3, 0.4) is 0 Å². The lowest BCUT2D eigenvalue weighted by molar-refractivity contribution is -0.116. The number of rotatable bonds is 2. The summed E-state index contributed by atoms with van der Waals surface area (Å²) in [6.45, 7) is 1.53. The van der Waals surface area contributed by atoms with Gasteiger partial charge in [0.25, 0.3) is 0 Å². The fourth-order valence-electron chi connectivity index (χ4n) is 0.971. The third-order valence-electron chi connectivity index (χ3n) is 1.59. The first kappa shape index (κ1) is 9.13. The van der Waals surface area contributed by atoms with Gasteiger partial charge in [-0.3, -0.25) is 4.79 Å². The molecule has 12 heavy (non-hydrogen) atoms. The van der Waals surface area contributed by atoms with Gasteiger partial charge in [0, 0.05) is 12.6 Å². The van der Waals surface area contributed by atoms with Gasteiger partial charge < -0.3 is 4.90 Å². The Morgan fingerprint density at radius 1 is 1.42 bits per heavy atom. The topological polar surface area (TPSA) is 20.3 Å². The summed E-state index contributed by atoms with van der Waals surface area (Å²) in [6.07, 6.45) is 0. The number of hydrogen-bond acceptors (Lipinski definition) is 2. The minimum absolute atomic E-state index is 0.0104. The van der Waals surface area contributed by atoms with E-state index >= 15 is 0 Å². The lowest BCUT2D eigenvalue weighted by atomic mass is 10.3. The normalized spacial score (nSPS) is 9.50. The highest BCUT2D eigenvalue weighted by Gasteiger charge is 2.06. The van der Waals surface area contributed by atoms with Crippen molar-refractivity contribution in [3.05, 3.63) is 30.3 Å². The molecule has 0 atom stereocenters. The summed E-state index contributed by atoms with van der Waals surface area (Å²) in [6, 6.07) is 9.49. The fraction of sp³-hybridized carbons (Fsp3) is 0.222. The quantitative estimate of drug-likeness (QED) is 0.546. The SMILES string of the molecule is CC(=O)N(CS)c1ccccc1. The molecule has 2 nitrogen and oxygen atoms in total. The Kier molecular flexibility index (Phi) is 3.17. The van der Waals surface area contributed by atoms with E-state index in [2.05, 4.69) is 12.6 Å². The molecule has 0 spiro atoms. The second kappa shape index (κ2) is 4.16. The molecule has 0 radical (unpaired) electrons. The first-order valence-electron chi connectivity index (χ1n) is 3.69. The van der Waals surface area contributed by atoms with Gasteiger partial charge in [0.1, 0.15) is 0 Å². The van der Waals surface area contributed by atoms with E-state index in [0.29, 0.717) is 5.88 Å². The number of benzene rings is 1. The van der Waals surface area contributed by atoms with Crippen molar-refractivity contribution in [3.8, 4) is 0 Å². The van der Waals surface area contributed by atoms with Gasteiger partial charge in [-0.1, -0.05) is 18.2 Å². The first-order chi connectivity index (χ1) is 5.75. The van der Waals surface area contributed by atoms with E-state index in [1.54, 1.807) is 4.90 Å². The third kappa shape index (κ3) is 2.01. The van der Waals surface area contributed by atoms with E-state index in [-0.39, 0.29) is 5.91 Å². The maximum Gasteiger partial charge on any atom is 0.224 e. The molecule has 3 heteroatoms. The number of nitrogens with zero attached hydrogens (tertiary/aromatic N) is 1. The number of anilines is 1. The largest absolute Gasteiger partial charge is 0.303 e. The molecule has 0 saturated heterocycles. The van der Waals surface area contributed by atoms with Gasteiger partial charge in [-0.05, 0) is 12.1 Å². The van der Waals surface area contributed by atoms with E-state index in [0.717, 1.165) is 5.69 Å². The van der Waals surface area contributed by atoms with Crippen LogP contribution < -0.4 is 4.90 Å². The van der Waals surface area contributed by atoms with Gasteiger partial charge in [-0.2, -0.15) is 12.6 Å². The summed E-state index contributed by atoms with van der Waals surface area (Å²) in [4.78, 5) is 12.7. The van der Waals surface area contributed by atoms with E-state index in [1.807, 2.05) is 30.3 Å². The van der Waals surface area contributed by atoms with Gasteiger partial charge in [0.15, 0.2) is 0 Å². The highest BCUT2D eigenvalue weighted by Crippen LogP contribution is 2.13. The van der Waals surface area contributed by atoms with Crippen molar-refractivity contribution in [1.82, 2.24) is 0 Å². The number of thiol groups is 1. The summed E-state index contributed by atoms with van der Waals surface area (Å²) < 4.78 is 0. The first-order valence-corrected chi connectivity index (χ1v) is 4.33. The van der Waals surface area contributed by atoms with Gasteiger partial charge in [-0.25, -0.2) is 0 Å². The van der Waals surface area contributed by atoms with E-state index in [9.17, 15) is 4.79 Å². The number of amides is 1. The highest BCUT2D eigenvalue weighted by molar-refractivity contribution is 7.80. The Balaban J connectivity index is 2.88. The molecule has 0 heterocycles. The molecule has 1 amide bonds. The zero-order valence-corrected chi connectivity index (χ0v) is 7.79. The predicted octanol–water partition coefficient (Wildman–Crippen LogP) is 1.93. The number of carbonyl (C=O) groups excluding carboxylic acids is 1. The highest BCUT2D eigenvalue weighted by atomic mass is 32.1. The number of hydrogen-bond donors (Lipinski definition) is 1. The summed E-state index contributed by atoms with van der Waals surface area (Å²) in [5.41, 5.74) is 0.889. The molecule has 64 valence electrons. The summed E-state index contributed by atoms with van der Waals surface area (Å²) in [5, 5.41) is 0. The summed E-state index contributed by atoms with van der Waals surface area (Å²) >= 11 is 4.07. The number of para-hydroxylation sites is 1. The van der Waals surface area contributed by atoms with Crippen molar-refractivity contribution in [3.63, 3.8) is 0 Å². The van der Waals surface area contributed by atoms with Crippen molar-refractivity contribution in [2.45, 2.75) is 6.92 Å². The number of carbonyl (C=O) groups is 1. The minimum Gasteiger partial charge on any atom is -0.303 e. The van der Waals surface area contributed by atoms with Gasteiger partial charge in [-0.15, -0.1) is 0 Å². The molecule has 1 rings (SSSR count). The van der Waals surface area contributed by atoms with Crippen LogP contribution >= 0.6 is 12.6 Å².